The second-order valence-electron chi connectivity index (χ2n) is 6.03. The fourth-order valence-electron chi connectivity index (χ4n) is 2.50. The molecule has 1 aromatic rings. The Labute approximate surface area is 127 Å². The topological polar surface area (TPSA) is 38.3 Å². The van der Waals surface area contributed by atoms with Crippen LogP contribution in [-0.4, -0.2) is 30.6 Å². The lowest BCUT2D eigenvalue weighted by Crippen LogP contribution is -2.35. The van der Waals surface area contributed by atoms with Crippen LogP contribution < -0.4 is 5.32 Å². The van der Waals surface area contributed by atoms with Gasteiger partial charge in [0.1, 0.15) is 11.6 Å². The van der Waals surface area contributed by atoms with E-state index in [2.05, 4.69) is 23.9 Å². The second-order valence-corrected chi connectivity index (χ2v) is 7.06. The van der Waals surface area contributed by atoms with E-state index in [0.29, 0.717) is 0 Å². The van der Waals surface area contributed by atoms with E-state index in [1.54, 1.807) is 11.8 Å². The largest absolute Gasteiger partial charge is 0.465 e. The van der Waals surface area contributed by atoms with Crippen LogP contribution in [0.3, 0.4) is 0 Å². The Hall–Kier alpha value is -1.30. The van der Waals surface area contributed by atoms with Crippen LogP contribution in [0.25, 0.3) is 0 Å². The summed E-state index contributed by atoms with van der Waals surface area (Å²) in [6, 6.07) is 1.99. The average Bonchev–Trinajstić information content (AvgIpc) is 2.40. The van der Waals surface area contributed by atoms with E-state index < -0.39 is 17.6 Å². The number of hydrogen-bond acceptors (Lipinski definition) is 4. The SMILES string of the molecule is COC(=O)c1cc(NC2CSCC(C)(C)C2)c(F)cc1F. The van der Waals surface area contributed by atoms with Gasteiger partial charge in [-0.3, -0.25) is 0 Å². The van der Waals surface area contributed by atoms with Gasteiger partial charge in [0.15, 0.2) is 0 Å². The minimum Gasteiger partial charge on any atom is -0.465 e. The van der Waals surface area contributed by atoms with Gasteiger partial charge in [0.05, 0.1) is 18.4 Å². The molecule has 1 atom stereocenters. The van der Waals surface area contributed by atoms with Crippen LogP contribution in [0.2, 0.25) is 0 Å². The van der Waals surface area contributed by atoms with Crippen LogP contribution in [0.1, 0.15) is 30.6 Å². The number of benzene rings is 1. The van der Waals surface area contributed by atoms with Gasteiger partial charge in [-0.2, -0.15) is 11.8 Å². The summed E-state index contributed by atoms with van der Waals surface area (Å²) < 4.78 is 32.0. The van der Waals surface area contributed by atoms with Crippen molar-refractivity contribution in [2.75, 3.05) is 23.9 Å². The first-order valence-electron chi connectivity index (χ1n) is 6.74. The molecule has 0 aromatic heterocycles. The maximum Gasteiger partial charge on any atom is 0.340 e. The minimum atomic E-state index is -0.914. The van der Waals surface area contributed by atoms with Gasteiger partial charge in [0.2, 0.25) is 0 Å². The molecule has 1 unspecified atom stereocenters. The van der Waals surface area contributed by atoms with Crippen molar-refractivity contribution in [1.82, 2.24) is 0 Å². The van der Waals surface area contributed by atoms with Gasteiger partial charge in [0.25, 0.3) is 0 Å². The molecule has 6 heteroatoms. The Morgan fingerprint density at radius 2 is 2.10 bits per heavy atom. The van der Waals surface area contributed by atoms with E-state index in [1.807, 2.05) is 0 Å². The van der Waals surface area contributed by atoms with Crippen molar-refractivity contribution in [2.45, 2.75) is 26.3 Å². The fourth-order valence-corrected chi connectivity index (χ4v) is 3.77. The Morgan fingerprint density at radius 1 is 1.38 bits per heavy atom. The maximum atomic E-state index is 13.9. The molecule has 1 heterocycles. The molecule has 1 N–H and O–H groups in total. The third-order valence-corrected chi connectivity index (χ3v) is 5.06. The number of carbonyl (C=O) groups is 1. The average molecular weight is 315 g/mol. The van der Waals surface area contributed by atoms with Gasteiger partial charge < -0.3 is 10.1 Å². The highest BCUT2D eigenvalue weighted by molar-refractivity contribution is 7.99. The highest BCUT2D eigenvalue weighted by Gasteiger charge is 2.29. The normalized spacial score (nSPS) is 20.9. The van der Waals surface area contributed by atoms with Gasteiger partial charge in [-0.25, -0.2) is 13.6 Å². The fraction of sp³-hybridized carbons (Fsp3) is 0.533. The van der Waals surface area contributed by atoms with Crippen molar-refractivity contribution in [3.05, 3.63) is 29.3 Å². The molecule has 0 amide bonds. The number of nitrogens with one attached hydrogen (secondary N) is 1. The van der Waals surface area contributed by atoms with Gasteiger partial charge in [-0.1, -0.05) is 13.8 Å². The van der Waals surface area contributed by atoms with Gasteiger partial charge in [0, 0.05) is 17.9 Å². The summed E-state index contributed by atoms with van der Waals surface area (Å²) in [5.74, 6) is -0.510. The van der Waals surface area contributed by atoms with Gasteiger partial charge in [-0.15, -0.1) is 0 Å². The lowest BCUT2D eigenvalue weighted by molar-refractivity contribution is 0.0595. The standard InChI is InChI=1S/C15H19F2NO2S/c1-15(2)6-9(7-21-8-15)18-13-4-10(14(19)20-3)11(16)5-12(13)17/h4-5,9,18H,6-8H2,1-3H3. The third-order valence-electron chi connectivity index (χ3n) is 3.43. The predicted octanol–water partition coefficient (Wildman–Crippen LogP) is 3.70. The first-order valence-corrected chi connectivity index (χ1v) is 7.89. The molecule has 1 saturated heterocycles. The zero-order valence-corrected chi connectivity index (χ0v) is 13.2. The van der Waals surface area contributed by atoms with E-state index in [0.717, 1.165) is 24.0 Å². The summed E-state index contributed by atoms with van der Waals surface area (Å²) in [4.78, 5) is 11.5. The molecule has 0 saturated carbocycles. The molecular formula is C15H19F2NO2S. The predicted molar refractivity (Wildman–Crippen MR) is 80.8 cm³/mol. The van der Waals surface area contributed by atoms with Crippen molar-refractivity contribution in [1.29, 1.82) is 0 Å². The molecule has 21 heavy (non-hydrogen) atoms. The summed E-state index contributed by atoms with van der Waals surface area (Å²) in [5.41, 5.74) is 0.0478. The number of halogens is 2. The van der Waals surface area contributed by atoms with Crippen molar-refractivity contribution in [2.24, 2.45) is 5.41 Å². The number of methoxy groups -OCH3 is 1. The van der Waals surface area contributed by atoms with E-state index >= 15 is 0 Å². The van der Waals surface area contributed by atoms with Crippen molar-refractivity contribution < 1.29 is 18.3 Å². The van der Waals surface area contributed by atoms with Gasteiger partial charge in [-0.05, 0) is 23.7 Å². The Kier molecular flexibility index (Phi) is 4.76. The molecule has 116 valence electrons. The number of esters is 1. The first-order chi connectivity index (χ1) is 9.82. The Bertz CT molecular complexity index is 549. The second kappa shape index (κ2) is 6.22. The molecule has 1 fully saturated rings. The molecule has 2 rings (SSSR count). The summed E-state index contributed by atoms with van der Waals surface area (Å²) >= 11 is 1.80. The van der Waals surface area contributed by atoms with E-state index in [-0.39, 0.29) is 22.7 Å². The van der Waals surface area contributed by atoms with Crippen molar-refractivity contribution >= 4 is 23.4 Å². The van der Waals surface area contributed by atoms with Crippen molar-refractivity contribution in [3.8, 4) is 0 Å². The Morgan fingerprint density at radius 3 is 2.71 bits per heavy atom. The number of rotatable bonds is 3. The van der Waals surface area contributed by atoms with Crippen LogP contribution in [0.5, 0.6) is 0 Å². The summed E-state index contributed by atoms with van der Waals surface area (Å²) in [6.45, 7) is 4.32. The number of hydrogen-bond donors (Lipinski definition) is 1. The van der Waals surface area contributed by atoms with E-state index in [1.165, 1.54) is 13.2 Å². The molecule has 1 aliphatic rings. The molecule has 1 aromatic carbocycles. The summed E-state index contributed by atoms with van der Waals surface area (Å²) in [6.07, 6.45) is 0.893. The van der Waals surface area contributed by atoms with Crippen molar-refractivity contribution in [3.63, 3.8) is 0 Å². The number of carbonyl (C=O) groups excluding carboxylic acids is 1. The lowest BCUT2D eigenvalue weighted by atomic mass is 9.87. The minimum absolute atomic E-state index is 0.0872. The lowest BCUT2D eigenvalue weighted by Gasteiger charge is -2.35. The highest BCUT2D eigenvalue weighted by atomic mass is 32.2. The molecule has 1 aliphatic heterocycles. The summed E-state index contributed by atoms with van der Waals surface area (Å²) in [5, 5.41) is 3.08. The van der Waals surface area contributed by atoms with Crippen LogP contribution in [0.15, 0.2) is 12.1 Å². The van der Waals surface area contributed by atoms with E-state index in [4.69, 9.17) is 0 Å². The molecular weight excluding hydrogens is 296 g/mol. The van der Waals surface area contributed by atoms with Crippen LogP contribution in [0.4, 0.5) is 14.5 Å². The number of ether oxygens (including phenoxy) is 1. The number of thioether (sulfide) groups is 1. The Balaban J connectivity index is 2.21. The third kappa shape index (κ3) is 3.87. The van der Waals surface area contributed by atoms with Crippen LogP contribution in [-0.2, 0) is 4.74 Å². The maximum absolute atomic E-state index is 13.9. The van der Waals surface area contributed by atoms with E-state index in [9.17, 15) is 13.6 Å². The zero-order chi connectivity index (χ0) is 15.6. The summed E-state index contributed by atoms with van der Waals surface area (Å²) in [7, 11) is 1.17. The van der Waals surface area contributed by atoms with Crippen LogP contribution >= 0.6 is 11.8 Å². The molecule has 0 spiro atoms. The number of anilines is 1. The quantitative estimate of drug-likeness (QED) is 0.863. The molecule has 0 bridgehead atoms. The smallest absolute Gasteiger partial charge is 0.340 e. The molecule has 0 radical (unpaired) electrons. The van der Waals surface area contributed by atoms with Crippen LogP contribution in [0, 0.1) is 17.0 Å². The monoisotopic (exact) mass is 315 g/mol. The molecule has 3 nitrogen and oxygen atoms in total. The highest BCUT2D eigenvalue weighted by Crippen LogP contribution is 2.35. The van der Waals surface area contributed by atoms with Gasteiger partial charge >= 0.3 is 5.97 Å². The molecule has 0 aliphatic carbocycles. The first kappa shape index (κ1) is 16.1. The zero-order valence-electron chi connectivity index (χ0n) is 12.3.